The predicted octanol–water partition coefficient (Wildman–Crippen LogP) is 3.16. The molecule has 1 aliphatic heterocycles. The normalized spacial score (nSPS) is 15.4. The van der Waals surface area contributed by atoms with E-state index in [1.54, 1.807) is 19.1 Å². The van der Waals surface area contributed by atoms with Gasteiger partial charge in [-0.25, -0.2) is 0 Å². The molecular weight excluding hydrogens is 308 g/mol. The maximum atomic E-state index is 12.5. The van der Waals surface area contributed by atoms with Crippen LogP contribution in [0.15, 0.2) is 41.5 Å². The highest BCUT2D eigenvalue weighted by molar-refractivity contribution is 5.64. The molecule has 24 heavy (non-hydrogen) atoms. The van der Waals surface area contributed by atoms with E-state index in [1.165, 1.54) is 12.1 Å². The number of rotatable bonds is 4. The summed E-state index contributed by atoms with van der Waals surface area (Å²) in [7, 11) is 0. The van der Waals surface area contributed by atoms with Gasteiger partial charge in [0.15, 0.2) is 5.43 Å². The van der Waals surface area contributed by atoms with Crippen molar-refractivity contribution in [1.82, 2.24) is 4.57 Å². The second kappa shape index (κ2) is 6.97. The van der Waals surface area contributed by atoms with Crippen LogP contribution in [0.2, 0.25) is 0 Å². The van der Waals surface area contributed by atoms with Gasteiger partial charge in [-0.15, -0.1) is 0 Å². The van der Waals surface area contributed by atoms with Crippen molar-refractivity contribution in [2.24, 2.45) is 5.92 Å². The van der Waals surface area contributed by atoms with Gasteiger partial charge in [-0.1, -0.05) is 0 Å². The monoisotopic (exact) mass is 328 g/mol. The van der Waals surface area contributed by atoms with Crippen molar-refractivity contribution in [3.8, 4) is 11.1 Å². The van der Waals surface area contributed by atoms with Gasteiger partial charge in [0.05, 0.1) is 4.92 Å². The van der Waals surface area contributed by atoms with Gasteiger partial charge in [0.25, 0.3) is 5.69 Å². The lowest BCUT2D eigenvalue weighted by atomic mass is 9.99. The average molecular weight is 328 g/mol. The standard InChI is InChI=1S/C18H20N2O4/c1-13-10-19(11-14-6-8-24-9-7-14)12-17(18(13)21)15-2-4-16(5-3-15)20(22)23/h2-5,10,12,14H,6-9,11H2,1H3. The molecule has 0 radical (unpaired) electrons. The van der Waals surface area contributed by atoms with E-state index in [-0.39, 0.29) is 11.1 Å². The molecule has 1 aromatic carbocycles. The molecule has 1 aromatic heterocycles. The minimum Gasteiger partial charge on any atom is -0.381 e. The fraction of sp³-hybridized carbons (Fsp3) is 0.389. The number of ether oxygens (including phenoxy) is 1. The van der Waals surface area contributed by atoms with E-state index in [1.807, 2.05) is 12.4 Å². The van der Waals surface area contributed by atoms with E-state index in [2.05, 4.69) is 4.57 Å². The average Bonchev–Trinajstić information content (AvgIpc) is 2.59. The van der Waals surface area contributed by atoms with Gasteiger partial charge in [0.2, 0.25) is 0 Å². The molecule has 0 saturated carbocycles. The van der Waals surface area contributed by atoms with Gasteiger partial charge in [0, 0.05) is 55.4 Å². The van der Waals surface area contributed by atoms with Gasteiger partial charge in [-0.3, -0.25) is 14.9 Å². The van der Waals surface area contributed by atoms with Crippen LogP contribution in [0.4, 0.5) is 5.69 Å². The summed E-state index contributed by atoms with van der Waals surface area (Å²) < 4.78 is 7.45. The number of non-ortho nitro benzene ring substituents is 1. The Bertz CT molecular complexity index is 790. The first-order valence-corrected chi connectivity index (χ1v) is 8.08. The largest absolute Gasteiger partial charge is 0.381 e. The second-order valence-electron chi connectivity index (χ2n) is 6.24. The summed E-state index contributed by atoms with van der Waals surface area (Å²) in [5.41, 5.74) is 1.95. The molecule has 0 spiro atoms. The Labute approximate surface area is 139 Å². The molecule has 1 aliphatic rings. The summed E-state index contributed by atoms with van der Waals surface area (Å²) in [6, 6.07) is 6.13. The van der Waals surface area contributed by atoms with Crippen LogP contribution in [0.5, 0.6) is 0 Å². The molecule has 0 N–H and O–H groups in total. The number of nitro groups is 1. The van der Waals surface area contributed by atoms with E-state index in [4.69, 9.17) is 4.74 Å². The van der Waals surface area contributed by atoms with Gasteiger partial charge in [-0.2, -0.15) is 0 Å². The maximum absolute atomic E-state index is 12.5. The Morgan fingerprint density at radius 1 is 1.21 bits per heavy atom. The molecule has 1 saturated heterocycles. The first-order chi connectivity index (χ1) is 11.5. The Morgan fingerprint density at radius 3 is 2.50 bits per heavy atom. The number of nitro benzene ring substituents is 1. The zero-order valence-corrected chi connectivity index (χ0v) is 13.6. The number of nitrogens with zero attached hydrogens (tertiary/aromatic N) is 2. The van der Waals surface area contributed by atoms with Crippen LogP contribution in [-0.2, 0) is 11.3 Å². The van der Waals surface area contributed by atoms with E-state index in [9.17, 15) is 14.9 Å². The summed E-state index contributed by atoms with van der Waals surface area (Å²) >= 11 is 0. The first kappa shape index (κ1) is 16.4. The highest BCUT2D eigenvalue weighted by Gasteiger charge is 2.15. The Kier molecular flexibility index (Phi) is 4.76. The van der Waals surface area contributed by atoms with Crippen molar-refractivity contribution in [3.05, 3.63) is 62.6 Å². The summed E-state index contributed by atoms with van der Waals surface area (Å²) in [6.07, 6.45) is 5.79. The second-order valence-corrected chi connectivity index (χ2v) is 6.24. The van der Waals surface area contributed by atoms with Gasteiger partial charge in [-0.05, 0) is 43.4 Å². The number of hydrogen-bond acceptors (Lipinski definition) is 4. The molecule has 3 rings (SSSR count). The van der Waals surface area contributed by atoms with E-state index < -0.39 is 4.92 Å². The lowest BCUT2D eigenvalue weighted by molar-refractivity contribution is -0.384. The molecule has 0 unspecified atom stereocenters. The van der Waals surface area contributed by atoms with Crippen LogP contribution in [0.1, 0.15) is 18.4 Å². The third-order valence-electron chi connectivity index (χ3n) is 4.46. The molecule has 2 heterocycles. The molecule has 6 nitrogen and oxygen atoms in total. The SMILES string of the molecule is Cc1cn(CC2CCOCC2)cc(-c2ccc([N+](=O)[O-])cc2)c1=O. The molecule has 2 aromatic rings. The third kappa shape index (κ3) is 3.54. The number of hydrogen-bond donors (Lipinski definition) is 0. The van der Waals surface area contributed by atoms with Crippen molar-refractivity contribution in [1.29, 1.82) is 0 Å². The van der Waals surface area contributed by atoms with Crippen LogP contribution >= 0.6 is 0 Å². The fourth-order valence-electron chi connectivity index (χ4n) is 3.08. The highest BCUT2D eigenvalue weighted by Crippen LogP contribution is 2.22. The Balaban J connectivity index is 1.91. The Morgan fingerprint density at radius 2 is 1.88 bits per heavy atom. The number of aryl methyl sites for hydroxylation is 1. The van der Waals surface area contributed by atoms with Gasteiger partial charge >= 0.3 is 0 Å². The van der Waals surface area contributed by atoms with Crippen LogP contribution in [-0.4, -0.2) is 22.7 Å². The molecule has 1 fully saturated rings. The number of pyridine rings is 1. The molecule has 0 atom stereocenters. The van der Waals surface area contributed by atoms with E-state index >= 15 is 0 Å². The molecule has 0 amide bonds. The smallest absolute Gasteiger partial charge is 0.269 e. The zero-order chi connectivity index (χ0) is 17.1. The van der Waals surface area contributed by atoms with Crippen LogP contribution in [0.3, 0.4) is 0 Å². The minimum atomic E-state index is -0.441. The molecule has 0 bridgehead atoms. The van der Waals surface area contributed by atoms with Crippen LogP contribution in [0, 0.1) is 23.0 Å². The first-order valence-electron chi connectivity index (χ1n) is 8.08. The topological polar surface area (TPSA) is 74.4 Å². The lowest BCUT2D eigenvalue weighted by Crippen LogP contribution is -2.22. The summed E-state index contributed by atoms with van der Waals surface area (Å²) in [5.74, 6) is 0.547. The number of aromatic nitrogens is 1. The third-order valence-corrected chi connectivity index (χ3v) is 4.46. The fourth-order valence-corrected chi connectivity index (χ4v) is 3.08. The molecule has 126 valence electrons. The van der Waals surface area contributed by atoms with Crippen molar-refractivity contribution in [2.75, 3.05) is 13.2 Å². The van der Waals surface area contributed by atoms with E-state index in [0.717, 1.165) is 32.6 Å². The number of benzene rings is 1. The molecular formula is C18H20N2O4. The van der Waals surface area contributed by atoms with Crippen molar-refractivity contribution >= 4 is 5.69 Å². The summed E-state index contributed by atoms with van der Waals surface area (Å²) in [5, 5.41) is 10.8. The van der Waals surface area contributed by atoms with Crippen LogP contribution in [0.25, 0.3) is 11.1 Å². The minimum absolute atomic E-state index is 0.0222. The quantitative estimate of drug-likeness (QED) is 0.638. The van der Waals surface area contributed by atoms with Crippen molar-refractivity contribution in [2.45, 2.75) is 26.3 Å². The molecule has 0 aliphatic carbocycles. The Hall–Kier alpha value is -2.47. The van der Waals surface area contributed by atoms with Gasteiger partial charge in [0.1, 0.15) is 0 Å². The summed E-state index contributed by atoms with van der Waals surface area (Å²) in [4.78, 5) is 22.8. The maximum Gasteiger partial charge on any atom is 0.269 e. The van der Waals surface area contributed by atoms with Gasteiger partial charge < -0.3 is 9.30 Å². The van der Waals surface area contributed by atoms with Crippen LogP contribution < -0.4 is 5.43 Å². The van der Waals surface area contributed by atoms with Crippen molar-refractivity contribution < 1.29 is 9.66 Å². The highest BCUT2D eigenvalue weighted by atomic mass is 16.6. The summed E-state index contributed by atoms with van der Waals surface area (Å²) in [6.45, 7) is 4.24. The molecule has 6 heteroatoms. The predicted molar refractivity (Wildman–Crippen MR) is 91.1 cm³/mol. The van der Waals surface area contributed by atoms with Crippen molar-refractivity contribution in [3.63, 3.8) is 0 Å². The zero-order valence-electron chi connectivity index (χ0n) is 13.6. The van der Waals surface area contributed by atoms with E-state index in [0.29, 0.717) is 22.6 Å². The lowest BCUT2D eigenvalue weighted by Gasteiger charge is -2.23.